The second-order valence-electron chi connectivity index (χ2n) is 6.68. The molecule has 6 heteroatoms. The van der Waals surface area contributed by atoms with Gasteiger partial charge in [-0.3, -0.25) is 0 Å². The molecule has 0 saturated heterocycles. The first-order chi connectivity index (χ1) is 12.1. The van der Waals surface area contributed by atoms with Crippen molar-refractivity contribution in [2.24, 2.45) is 10.9 Å². The molecule has 2 heterocycles. The number of nitrogens with zero attached hydrogens (tertiary/aromatic N) is 4. The summed E-state index contributed by atoms with van der Waals surface area (Å²) in [6.07, 6.45) is 7.79. The van der Waals surface area contributed by atoms with Gasteiger partial charge in [-0.2, -0.15) is 5.10 Å². The molecule has 2 rings (SSSR count). The summed E-state index contributed by atoms with van der Waals surface area (Å²) in [7, 11) is 0. The summed E-state index contributed by atoms with van der Waals surface area (Å²) >= 11 is 0. The van der Waals surface area contributed by atoms with Crippen molar-refractivity contribution in [1.29, 1.82) is 0 Å². The van der Waals surface area contributed by atoms with E-state index in [1.54, 1.807) is 17.1 Å². The van der Waals surface area contributed by atoms with E-state index in [4.69, 9.17) is 4.99 Å². The predicted molar refractivity (Wildman–Crippen MR) is 103 cm³/mol. The molecule has 0 aromatic carbocycles. The third kappa shape index (κ3) is 6.57. The number of rotatable bonds is 8. The lowest BCUT2D eigenvalue weighted by atomic mass is 10.0. The summed E-state index contributed by atoms with van der Waals surface area (Å²) < 4.78 is 1.75. The molecule has 1 unspecified atom stereocenters. The molecule has 0 aliphatic carbocycles. The van der Waals surface area contributed by atoms with Gasteiger partial charge in [-0.15, -0.1) is 0 Å². The predicted octanol–water partition coefficient (Wildman–Crippen LogP) is 3.15. The number of aromatic nitrogens is 3. The van der Waals surface area contributed by atoms with Crippen LogP contribution in [0.15, 0.2) is 41.8 Å². The molecular weight excluding hydrogens is 312 g/mol. The molecule has 0 radical (unpaired) electrons. The van der Waals surface area contributed by atoms with E-state index in [-0.39, 0.29) is 0 Å². The number of nitrogens with one attached hydrogen (secondary N) is 2. The Labute approximate surface area is 150 Å². The van der Waals surface area contributed by atoms with Gasteiger partial charge in [0.25, 0.3) is 0 Å². The molecule has 2 aromatic rings. The third-order valence-electron chi connectivity index (χ3n) is 3.87. The zero-order valence-electron chi connectivity index (χ0n) is 15.7. The second-order valence-corrected chi connectivity index (χ2v) is 6.68. The molecule has 0 amide bonds. The topological polar surface area (TPSA) is 67.1 Å². The molecule has 2 N–H and O–H groups in total. The molecule has 0 fully saturated rings. The van der Waals surface area contributed by atoms with Gasteiger partial charge in [-0.1, -0.05) is 13.8 Å². The molecular formula is C19H30N6. The van der Waals surface area contributed by atoms with Crippen molar-refractivity contribution in [1.82, 2.24) is 25.4 Å². The fourth-order valence-corrected chi connectivity index (χ4v) is 2.47. The van der Waals surface area contributed by atoms with E-state index in [9.17, 15) is 0 Å². The first-order valence-electron chi connectivity index (χ1n) is 9.08. The van der Waals surface area contributed by atoms with Crippen LogP contribution in [0.2, 0.25) is 0 Å². The van der Waals surface area contributed by atoms with E-state index in [1.807, 2.05) is 24.4 Å². The minimum Gasteiger partial charge on any atom is -0.357 e. The summed E-state index contributed by atoms with van der Waals surface area (Å²) in [5.41, 5.74) is 1.10. The van der Waals surface area contributed by atoms with Crippen molar-refractivity contribution in [3.8, 4) is 5.82 Å². The summed E-state index contributed by atoms with van der Waals surface area (Å²) in [6, 6.07) is 6.29. The van der Waals surface area contributed by atoms with Crippen LogP contribution in [-0.4, -0.2) is 33.3 Å². The molecule has 0 bridgehead atoms. The minimum absolute atomic E-state index is 0.400. The Hall–Kier alpha value is -2.37. The monoisotopic (exact) mass is 342 g/mol. The van der Waals surface area contributed by atoms with Crippen molar-refractivity contribution in [3.63, 3.8) is 0 Å². The van der Waals surface area contributed by atoms with Crippen molar-refractivity contribution >= 4 is 5.96 Å². The normalized spacial score (nSPS) is 13.1. The molecule has 0 aliphatic heterocycles. The van der Waals surface area contributed by atoms with Gasteiger partial charge in [0.05, 0.1) is 6.54 Å². The van der Waals surface area contributed by atoms with Crippen LogP contribution in [0.3, 0.4) is 0 Å². The Morgan fingerprint density at radius 2 is 2.08 bits per heavy atom. The highest BCUT2D eigenvalue weighted by atomic mass is 15.3. The van der Waals surface area contributed by atoms with Crippen LogP contribution in [0, 0.1) is 5.92 Å². The van der Waals surface area contributed by atoms with Crippen LogP contribution in [-0.2, 0) is 6.54 Å². The van der Waals surface area contributed by atoms with Gasteiger partial charge in [0, 0.05) is 31.2 Å². The molecule has 136 valence electrons. The summed E-state index contributed by atoms with van der Waals surface area (Å²) in [5.74, 6) is 2.39. The maximum atomic E-state index is 4.71. The average Bonchev–Trinajstić information content (AvgIpc) is 3.13. The lowest BCUT2D eigenvalue weighted by molar-refractivity contribution is 0.489. The summed E-state index contributed by atoms with van der Waals surface area (Å²) in [5, 5.41) is 11.0. The zero-order chi connectivity index (χ0) is 18.1. The fraction of sp³-hybridized carbons (Fsp3) is 0.526. The minimum atomic E-state index is 0.400. The first kappa shape index (κ1) is 19.0. The first-order valence-corrected chi connectivity index (χ1v) is 9.08. The maximum Gasteiger partial charge on any atom is 0.191 e. The Morgan fingerprint density at radius 3 is 2.76 bits per heavy atom. The molecule has 1 atom stereocenters. The summed E-state index contributed by atoms with van der Waals surface area (Å²) in [6.45, 7) is 10.2. The smallest absolute Gasteiger partial charge is 0.191 e. The van der Waals surface area contributed by atoms with Gasteiger partial charge in [-0.05, 0) is 56.4 Å². The number of guanidine groups is 1. The average molecular weight is 342 g/mol. The second kappa shape index (κ2) is 9.81. The quantitative estimate of drug-likeness (QED) is 0.571. The highest BCUT2D eigenvalue weighted by Gasteiger charge is 2.06. The van der Waals surface area contributed by atoms with Gasteiger partial charge in [0.15, 0.2) is 11.8 Å². The van der Waals surface area contributed by atoms with E-state index in [1.165, 1.54) is 6.42 Å². The Kier molecular flexibility index (Phi) is 7.44. The van der Waals surface area contributed by atoms with Gasteiger partial charge in [0.1, 0.15) is 0 Å². The van der Waals surface area contributed by atoms with Crippen molar-refractivity contribution in [3.05, 3.63) is 42.4 Å². The van der Waals surface area contributed by atoms with E-state index in [2.05, 4.69) is 48.4 Å². The molecule has 6 nitrogen and oxygen atoms in total. The third-order valence-corrected chi connectivity index (χ3v) is 3.87. The van der Waals surface area contributed by atoms with E-state index >= 15 is 0 Å². The summed E-state index contributed by atoms with van der Waals surface area (Å²) in [4.78, 5) is 9.07. The highest BCUT2D eigenvalue weighted by Crippen LogP contribution is 2.08. The standard InChI is InChI=1S/C19H30N6/c1-5-20-19(24-16(4)8-7-15(2)3)22-14-17-9-11-21-18(13-17)25-12-6-10-23-25/h6,9-13,15-16H,5,7-8,14H2,1-4H3,(H2,20,22,24). The highest BCUT2D eigenvalue weighted by molar-refractivity contribution is 5.80. The number of hydrogen-bond donors (Lipinski definition) is 2. The van der Waals surface area contributed by atoms with Crippen LogP contribution in [0.1, 0.15) is 46.1 Å². The van der Waals surface area contributed by atoms with Crippen molar-refractivity contribution in [2.75, 3.05) is 6.54 Å². The lowest BCUT2D eigenvalue weighted by Crippen LogP contribution is -2.42. The van der Waals surface area contributed by atoms with E-state index < -0.39 is 0 Å². The van der Waals surface area contributed by atoms with Crippen molar-refractivity contribution in [2.45, 2.75) is 53.1 Å². The van der Waals surface area contributed by atoms with E-state index in [0.717, 1.165) is 36.2 Å². The van der Waals surface area contributed by atoms with Gasteiger partial charge in [-0.25, -0.2) is 14.7 Å². The lowest BCUT2D eigenvalue weighted by Gasteiger charge is -2.18. The van der Waals surface area contributed by atoms with Gasteiger partial charge < -0.3 is 10.6 Å². The van der Waals surface area contributed by atoms with Crippen molar-refractivity contribution < 1.29 is 0 Å². The Balaban J connectivity index is 1.99. The van der Waals surface area contributed by atoms with Gasteiger partial charge in [0.2, 0.25) is 0 Å². The Bertz CT molecular complexity index is 648. The molecule has 25 heavy (non-hydrogen) atoms. The van der Waals surface area contributed by atoms with E-state index in [0.29, 0.717) is 12.6 Å². The number of aliphatic imine (C=N–C) groups is 1. The largest absolute Gasteiger partial charge is 0.357 e. The Morgan fingerprint density at radius 1 is 1.24 bits per heavy atom. The number of pyridine rings is 1. The molecule has 0 aliphatic rings. The van der Waals surface area contributed by atoms with Crippen LogP contribution >= 0.6 is 0 Å². The van der Waals surface area contributed by atoms with Crippen LogP contribution in [0.4, 0.5) is 0 Å². The van der Waals surface area contributed by atoms with Gasteiger partial charge >= 0.3 is 0 Å². The van der Waals surface area contributed by atoms with Crippen LogP contribution < -0.4 is 10.6 Å². The SMILES string of the molecule is CCNC(=NCc1ccnc(-n2cccn2)c1)NC(C)CCC(C)C. The maximum absolute atomic E-state index is 4.71. The molecule has 2 aromatic heterocycles. The van der Waals surface area contributed by atoms with Crippen LogP contribution in [0.25, 0.3) is 5.82 Å². The fourth-order valence-electron chi connectivity index (χ4n) is 2.47. The van der Waals surface area contributed by atoms with Crippen LogP contribution in [0.5, 0.6) is 0 Å². The zero-order valence-corrected chi connectivity index (χ0v) is 15.7. The number of hydrogen-bond acceptors (Lipinski definition) is 3. The molecule has 0 spiro atoms. The molecule has 0 saturated carbocycles.